The molecule has 33 heavy (non-hydrogen) atoms. The molecule has 3 rings (SSSR count). The summed E-state index contributed by atoms with van der Waals surface area (Å²) in [5.41, 5.74) is 1.98. The van der Waals surface area contributed by atoms with Crippen LogP contribution in [0.15, 0.2) is 72.8 Å². The first-order valence-corrected chi connectivity index (χ1v) is 10.2. The van der Waals surface area contributed by atoms with Crippen molar-refractivity contribution < 1.29 is 32.5 Å². The number of rotatable bonds is 6. The van der Waals surface area contributed by atoms with Crippen molar-refractivity contribution in [3.8, 4) is 22.6 Å². The highest BCUT2D eigenvalue weighted by molar-refractivity contribution is 5.87. The van der Waals surface area contributed by atoms with Gasteiger partial charge in [0.05, 0.1) is 12.7 Å². The zero-order valence-corrected chi connectivity index (χ0v) is 18.5. The van der Waals surface area contributed by atoms with Crippen molar-refractivity contribution in [2.24, 2.45) is 0 Å². The molecular formula is C26H25F3O4. The van der Waals surface area contributed by atoms with Crippen LogP contribution >= 0.6 is 0 Å². The van der Waals surface area contributed by atoms with Crippen molar-refractivity contribution in [1.29, 1.82) is 0 Å². The zero-order chi connectivity index (χ0) is 24.4. The second-order valence-electron chi connectivity index (χ2n) is 6.64. The molecule has 0 aliphatic rings. The van der Waals surface area contributed by atoms with E-state index in [9.17, 15) is 23.1 Å². The van der Waals surface area contributed by atoms with Gasteiger partial charge in [-0.3, -0.25) is 0 Å². The molecule has 0 fully saturated rings. The number of phenols is 1. The number of carbonyl (C=O) groups excluding carboxylic acids is 1. The van der Waals surface area contributed by atoms with E-state index in [-0.39, 0.29) is 12.4 Å². The molecule has 0 atom stereocenters. The molecule has 7 heteroatoms. The van der Waals surface area contributed by atoms with Crippen molar-refractivity contribution in [1.82, 2.24) is 0 Å². The van der Waals surface area contributed by atoms with Crippen LogP contribution in [0.2, 0.25) is 0 Å². The number of benzene rings is 3. The fraction of sp³-hybridized carbons (Fsp3) is 0.192. The van der Waals surface area contributed by atoms with Gasteiger partial charge in [0, 0.05) is 17.7 Å². The van der Waals surface area contributed by atoms with Crippen molar-refractivity contribution in [2.75, 3.05) is 7.11 Å². The van der Waals surface area contributed by atoms with Gasteiger partial charge in [-0.15, -0.1) is 0 Å². The molecule has 0 bridgehead atoms. The van der Waals surface area contributed by atoms with E-state index in [1.807, 2.05) is 26.0 Å². The molecule has 3 aromatic carbocycles. The highest BCUT2D eigenvalue weighted by atomic mass is 19.4. The second kappa shape index (κ2) is 11.8. The Morgan fingerprint density at radius 1 is 0.970 bits per heavy atom. The van der Waals surface area contributed by atoms with E-state index in [1.54, 1.807) is 24.3 Å². The monoisotopic (exact) mass is 458 g/mol. The molecule has 0 aromatic heterocycles. The molecule has 0 spiro atoms. The quantitative estimate of drug-likeness (QED) is 0.324. The van der Waals surface area contributed by atoms with Crippen LogP contribution in [0, 0.1) is 0 Å². The highest BCUT2D eigenvalue weighted by Crippen LogP contribution is 2.31. The van der Waals surface area contributed by atoms with Crippen molar-refractivity contribution in [2.45, 2.75) is 26.6 Å². The highest BCUT2D eigenvalue weighted by Gasteiger charge is 2.29. The fourth-order valence-electron chi connectivity index (χ4n) is 2.84. The van der Waals surface area contributed by atoms with Crippen molar-refractivity contribution in [3.05, 3.63) is 89.5 Å². The number of methoxy groups -OCH3 is 1. The van der Waals surface area contributed by atoms with Gasteiger partial charge in [-0.25, -0.2) is 4.79 Å². The average molecular weight is 458 g/mol. The van der Waals surface area contributed by atoms with Gasteiger partial charge in [-0.2, -0.15) is 13.2 Å². The Hall–Kier alpha value is -3.74. The van der Waals surface area contributed by atoms with E-state index in [1.165, 1.54) is 37.5 Å². The number of carbonyl (C=O) groups is 1. The van der Waals surface area contributed by atoms with Gasteiger partial charge in [0.1, 0.15) is 18.1 Å². The summed E-state index contributed by atoms with van der Waals surface area (Å²) >= 11 is 0. The van der Waals surface area contributed by atoms with Crippen LogP contribution in [0.3, 0.4) is 0 Å². The maximum atomic E-state index is 12.7. The first kappa shape index (κ1) is 25.5. The predicted octanol–water partition coefficient (Wildman–Crippen LogP) is 6.87. The summed E-state index contributed by atoms with van der Waals surface area (Å²) in [6, 6.07) is 16.9. The van der Waals surface area contributed by atoms with Gasteiger partial charge in [-0.05, 0) is 53.1 Å². The summed E-state index contributed by atoms with van der Waals surface area (Å²) in [6.07, 6.45) is -1.74. The summed E-state index contributed by atoms with van der Waals surface area (Å²) in [5, 5.41) is 10.1. The Kier molecular flexibility index (Phi) is 9.09. The molecule has 3 aromatic rings. The van der Waals surface area contributed by atoms with Gasteiger partial charge in [0.2, 0.25) is 0 Å². The molecule has 4 nitrogen and oxygen atoms in total. The van der Waals surface area contributed by atoms with Gasteiger partial charge in [-0.1, -0.05) is 44.2 Å². The van der Waals surface area contributed by atoms with E-state index in [2.05, 4.69) is 4.74 Å². The molecule has 0 saturated carbocycles. The van der Waals surface area contributed by atoms with E-state index < -0.39 is 17.7 Å². The maximum absolute atomic E-state index is 12.7. The lowest BCUT2D eigenvalue weighted by molar-refractivity contribution is -0.137. The number of hydrogen-bond donors (Lipinski definition) is 1. The Balaban J connectivity index is 0.00000187. The van der Waals surface area contributed by atoms with Crippen molar-refractivity contribution >= 4 is 12.0 Å². The van der Waals surface area contributed by atoms with Crippen LogP contribution in [0.25, 0.3) is 17.2 Å². The van der Waals surface area contributed by atoms with Crippen LogP contribution < -0.4 is 4.74 Å². The molecule has 0 aliphatic heterocycles. The number of aromatic hydroxyl groups is 1. The lowest BCUT2D eigenvalue weighted by Crippen LogP contribution is -2.04. The molecular weight excluding hydrogens is 433 g/mol. The fourth-order valence-corrected chi connectivity index (χ4v) is 2.84. The van der Waals surface area contributed by atoms with Crippen LogP contribution in [0.4, 0.5) is 13.2 Å². The summed E-state index contributed by atoms with van der Waals surface area (Å²) in [7, 11) is 1.26. The van der Waals surface area contributed by atoms with E-state index in [0.29, 0.717) is 16.9 Å². The predicted molar refractivity (Wildman–Crippen MR) is 122 cm³/mol. The second-order valence-corrected chi connectivity index (χ2v) is 6.64. The average Bonchev–Trinajstić information content (AvgIpc) is 2.83. The number of phenolic OH excluding ortho intramolecular Hbond substituents is 1. The zero-order valence-electron chi connectivity index (χ0n) is 18.5. The van der Waals surface area contributed by atoms with Crippen LogP contribution in [0.5, 0.6) is 11.5 Å². The minimum Gasteiger partial charge on any atom is -0.507 e. The van der Waals surface area contributed by atoms with Crippen molar-refractivity contribution in [3.63, 3.8) is 0 Å². The van der Waals surface area contributed by atoms with Gasteiger partial charge >= 0.3 is 12.1 Å². The van der Waals surface area contributed by atoms with Gasteiger partial charge in [0.15, 0.2) is 0 Å². The summed E-state index contributed by atoms with van der Waals surface area (Å²) in [4.78, 5) is 11.1. The number of halogens is 3. The van der Waals surface area contributed by atoms with Crippen LogP contribution in [-0.4, -0.2) is 18.2 Å². The number of esters is 1. The standard InChI is InChI=1S/C24H19F3O4.C2H6/c1-30-23(29)12-8-18-7-11-21(14-22(18)28)31-15-16-3-2-4-19(13-16)17-5-9-20(10-6-17)24(25,26)27;1-2/h2-14,28H,15H2,1H3;1-2H3/b12-8+;. The molecule has 1 N–H and O–H groups in total. The first-order chi connectivity index (χ1) is 15.8. The molecule has 0 heterocycles. The van der Waals surface area contributed by atoms with Crippen LogP contribution in [-0.2, 0) is 22.3 Å². The minimum absolute atomic E-state index is 0.0591. The van der Waals surface area contributed by atoms with Gasteiger partial charge < -0.3 is 14.6 Å². The smallest absolute Gasteiger partial charge is 0.416 e. The third kappa shape index (κ3) is 7.42. The lowest BCUT2D eigenvalue weighted by atomic mass is 10.0. The Morgan fingerprint density at radius 3 is 2.27 bits per heavy atom. The molecule has 0 radical (unpaired) electrons. The Bertz CT molecular complexity index is 1090. The normalized spacial score (nSPS) is 11.0. The molecule has 174 valence electrons. The van der Waals surface area contributed by atoms with E-state index in [0.717, 1.165) is 23.3 Å². The van der Waals surface area contributed by atoms with Gasteiger partial charge in [0.25, 0.3) is 0 Å². The number of hydrogen-bond acceptors (Lipinski definition) is 4. The minimum atomic E-state index is -4.37. The largest absolute Gasteiger partial charge is 0.507 e. The SMILES string of the molecule is CC.COC(=O)/C=C/c1ccc(OCc2cccc(-c3ccc(C(F)(F)F)cc3)c2)cc1O. The van der Waals surface area contributed by atoms with E-state index >= 15 is 0 Å². The Morgan fingerprint density at radius 2 is 1.67 bits per heavy atom. The van der Waals surface area contributed by atoms with E-state index in [4.69, 9.17) is 4.74 Å². The third-order valence-electron chi connectivity index (χ3n) is 4.48. The number of ether oxygens (including phenoxy) is 2. The molecule has 0 aliphatic carbocycles. The maximum Gasteiger partial charge on any atom is 0.416 e. The summed E-state index contributed by atoms with van der Waals surface area (Å²) in [5.74, 6) is -0.170. The molecule has 0 unspecified atom stereocenters. The first-order valence-electron chi connectivity index (χ1n) is 10.2. The Labute approximate surface area is 190 Å². The topological polar surface area (TPSA) is 55.8 Å². The van der Waals surface area contributed by atoms with Crippen LogP contribution in [0.1, 0.15) is 30.5 Å². The number of alkyl halides is 3. The third-order valence-corrected chi connectivity index (χ3v) is 4.48. The molecule has 0 amide bonds. The summed E-state index contributed by atoms with van der Waals surface area (Å²) < 4.78 is 48.4. The molecule has 0 saturated heterocycles. The summed E-state index contributed by atoms with van der Waals surface area (Å²) in [6.45, 7) is 4.20. The lowest BCUT2D eigenvalue weighted by Gasteiger charge is -2.10.